The molecule has 0 aliphatic rings. The van der Waals surface area contributed by atoms with Gasteiger partial charge in [-0.25, -0.2) is 0 Å². The summed E-state index contributed by atoms with van der Waals surface area (Å²) in [6.45, 7) is 10.2. The van der Waals surface area contributed by atoms with Gasteiger partial charge in [0.2, 0.25) is 0 Å². The minimum absolute atomic E-state index is 0.202. The van der Waals surface area contributed by atoms with E-state index in [9.17, 15) is 0 Å². The zero-order valence-corrected chi connectivity index (χ0v) is 14.6. The molecule has 124 valence electrons. The van der Waals surface area contributed by atoms with Crippen molar-refractivity contribution in [3.05, 3.63) is 60.2 Å². The van der Waals surface area contributed by atoms with E-state index in [1.807, 2.05) is 6.07 Å². The fourth-order valence-electron chi connectivity index (χ4n) is 3.14. The van der Waals surface area contributed by atoms with E-state index in [0.717, 1.165) is 19.6 Å². The van der Waals surface area contributed by atoms with Gasteiger partial charge in [0.15, 0.2) is 0 Å². The fraction of sp³-hybridized carbons (Fsp3) is 0.400. The van der Waals surface area contributed by atoms with Crippen molar-refractivity contribution in [2.45, 2.75) is 26.8 Å². The normalized spacial score (nSPS) is 12.0. The minimum Gasteiger partial charge on any atom is -0.372 e. The van der Waals surface area contributed by atoms with Crippen LogP contribution in [-0.2, 0) is 0 Å². The van der Waals surface area contributed by atoms with Crippen LogP contribution < -0.4 is 15.5 Å². The average molecular weight is 311 g/mol. The van der Waals surface area contributed by atoms with Crippen LogP contribution in [0.1, 0.15) is 32.4 Å². The molecule has 2 N–H and O–H groups in total. The molecule has 0 bridgehead atoms. The number of rotatable bonds is 8. The number of likely N-dealkylation sites (N-methyl/N-ethyl adjacent to an activating group) is 1. The van der Waals surface area contributed by atoms with Crippen LogP contribution in [0.3, 0.4) is 0 Å². The highest BCUT2D eigenvalue weighted by atomic mass is 15.2. The first-order valence-electron chi connectivity index (χ1n) is 8.61. The van der Waals surface area contributed by atoms with Crippen molar-refractivity contribution >= 4 is 11.4 Å². The molecule has 1 unspecified atom stereocenters. The summed E-state index contributed by atoms with van der Waals surface area (Å²) < 4.78 is 0. The molecule has 0 aromatic heterocycles. The lowest BCUT2D eigenvalue weighted by Crippen LogP contribution is -2.33. The van der Waals surface area contributed by atoms with Crippen LogP contribution in [0.4, 0.5) is 11.4 Å². The third-order valence-electron chi connectivity index (χ3n) is 4.43. The Morgan fingerprint density at radius 2 is 1.39 bits per heavy atom. The van der Waals surface area contributed by atoms with Crippen molar-refractivity contribution in [1.82, 2.24) is 0 Å². The third-order valence-corrected chi connectivity index (χ3v) is 4.43. The van der Waals surface area contributed by atoms with Gasteiger partial charge in [0.05, 0.1) is 6.04 Å². The van der Waals surface area contributed by atoms with Crippen LogP contribution in [0.5, 0.6) is 0 Å². The fourth-order valence-corrected chi connectivity index (χ4v) is 3.14. The maximum Gasteiger partial charge on any atom is 0.0664 e. The summed E-state index contributed by atoms with van der Waals surface area (Å²) in [5, 5.41) is 0. The van der Waals surface area contributed by atoms with E-state index in [1.54, 1.807) is 0 Å². The molecule has 23 heavy (non-hydrogen) atoms. The predicted octanol–water partition coefficient (Wildman–Crippen LogP) is 4.06. The highest BCUT2D eigenvalue weighted by Gasteiger charge is 2.18. The molecule has 2 aromatic carbocycles. The average Bonchev–Trinajstić information content (AvgIpc) is 2.62. The number of benzene rings is 2. The van der Waals surface area contributed by atoms with Crippen LogP contribution in [0.15, 0.2) is 54.6 Å². The molecule has 0 fully saturated rings. The van der Waals surface area contributed by atoms with Gasteiger partial charge < -0.3 is 15.5 Å². The summed E-state index contributed by atoms with van der Waals surface area (Å²) in [5.41, 5.74) is 9.88. The Morgan fingerprint density at radius 3 is 1.87 bits per heavy atom. The molecule has 0 radical (unpaired) electrons. The first-order chi connectivity index (χ1) is 11.2. The topological polar surface area (TPSA) is 32.5 Å². The minimum atomic E-state index is 0.202. The Hall–Kier alpha value is -2.00. The Morgan fingerprint density at radius 1 is 0.783 bits per heavy atom. The summed E-state index contributed by atoms with van der Waals surface area (Å²) in [4.78, 5) is 4.72. The second kappa shape index (κ2) is 8.59. The molecule has 3 heteroatoms. The van der Waals surface area contributed by atoms with Gasteiger partial charge in [-0.3, -0.25) is 0 Å². The maximum atomic E-state index is 6.12. The largest absolute Gasteiger partial charge is 0.372 e. The van der Waals surface area contributed by atoms with Gasteiger partial charge in [-0.1, -0.05) is 30.3 Å². The van der Waals surface area contributed by atoms with E-state index in [4.69, 9.17) is 5.73 Å². The van der Waals surface area contributed by atoms with E-state index in [2.05, 4.69) is 79.1 Å². The predicted molar refractivity (Wildman–Crippen MR) is 101 cm³/mol. The maximum absolute atomic E-state index is 6.12. The van der Waals surface area contributed by atoms with E-state index in [1.165, 1.54) is 16.9 Å². The summed E-state index contributed by atoms with van der Waals surface area (Å²) in [6.07, 6.45) is 0. The van der Waals surface area contributed by atoms with Gasteiger partial charge in [-0.15, -0.1) is 0 Å². The number of hydrogen-bond acceptors (Lipinski definition) is 3. The van der Waals surface area contributed by atoms with Crippen LogP contribution in [0.2, 0.25) is 0 Å². The van der Waals surface area contributed by atoms with Gasteiger partial charge in [-0.2, -0.15) is 0 Å². The highest BCUT2D eigenvalue weighted by Crippen LogP contribution is 2.27. The van der Waals surface area contributed by atoms with Crippen LogP contribution in [0.25, 0.3) is 0 Å². The SMILES string of the molecule is CCN(CC)c1ccc(C(CN)N(CC)c2ccccc2)cc1. The van der Waals surface area contributed by atoms with Crippen molar-refractivity contribution in [3.63, 3.8) is 0 Å². The van der Waals surface area contributed by atoms with Gasteiger partial charge in [0.1, 0.15) is 0 Å². The summed E-state index contributed by atoms with van der Waals surface area (Å²) in [6, 6.07) is 19.6. The molecule has 0 saturated carbocycles. The lowest BCUT2D eigenvalue weighted by atomic mass is 10.0. The molecule has 2 aromatic rings. The third kappa shape index (κ3) is 4.05. The quantitative estimate of drug-likeness (QED) is 0.798. The number of hydrogen-bond donors (Lipinski definition) is 1. The van der Waals surface area contributed by atoms with Gasteiger partial charge in [-0.05, 0) is 50.6 Å². The van der Waals surface area contributed by atoms with Crippen molar-refractivity contribution < 1.29 is 0 Å². The lowest BCUT2D eigenvalue weighted by molar-refractivity contribution is 0.643. The first kappa shape index (κ1) is 17.4. The second-order valence-electron chi connectivity index (χ2n) is 5.64. The molecule has 0 amide bonds. The Labute approximate surface area is 140 Å². The van der Waals surface area contributed by atoms with Crippen molar-refractivity contribution in [2.24, 2.45) is 5.73 Å². The molecule has 0 aliphatic carbocycles. The standard InChI is InChI=1S/C20H29N3/c1-4-22(5-2)18-14-12-17(13-15-18)20(16-21)23(6-3)19-10-8-7-9-11-19/h7-15,20H,4-6,16,21H2,1-3H3. The van der Waals surface area contributed by atoms with E-state index < -0.39 is 0 Å². The van der Waals surface area contributed by atoms with E-state index in [-0.39, 0.29) is 6.04 Å². The van der Waals surface area contributed by atoms with Gasteiger partial charge in [0.25, 0.3) is 0 Å². The van der Waals surface area contributed by atoms with Gasteiger partial charge >= 0.3 is 0 Å². The number of nitrogens with two attached hydrogens (primary N) is 1. The lowest BCUT2D eigenvalue weighted by Gasteiger charge is -2.33. The summed E-state index contributed by atoms with van der Waals surface area (Å²) in [5.74, 6) is 0. The van der Waals surface area contributed by atoms with Crippen molar-refractivity contribution in [3.8, 4) is 0 Å². The smallest absolute Gasteiger partial charge is 0.0664 e. The molecule has 0 aliphatic heterocycles. The zero-order chi connectivity index (χ0) is 16.7. The Balaban J connectivity index is 2.26. The Bertz CT molecular complexity index is 561. The number of nitrogens with zero attached hydrogens (tertiary/aromatic N) is 2. The number of anilines is 2. The molecule has 3 nitrogen and oxygen atoms in total. The van der Waals surface area contributed by atoms with E-state index >= 15 is 0 Å². The zero-order valence-electron chi connectivity index (χ0n) is 14.6. The van der Waals surface area contributed by atoms with Crippen LogP contribution >= 0.6 is 0 Å². The molecular weight excluding hydrogens is 282 g/mol. The van der Waals surface area contributed by atoms with Crippen molar-refractivity contribution in [2.75, 3.05) is 36.0 Å². The van der Waals surface area contributed by atoms with Gasteiger partial charge in [0, 0.05) is 37.6 Å². The highest BCUT2D eigenvalue weighted by molar-refractivity contribution is 5.52. The second-order valence-corrected chi connectivity index (χ2v) is 5.64. The molecule has 2 rings (SSSR count). The van der Waals surface area contributed by atoms with Crippen LogP contribution in [-0.4, -0.2) is 26.2 Å². The molecule has 0 heterocycles. The summed E-state index contributed by atoms with van der Waals surface area (Å²) in [7, 11) is 0. The monoisotopic (exact) mass is 311 g/mol. The van der Waals surface area contributed by atoms with Crippen LogP contribution in [0, 0.1) is 0 Å². The van der Waals surface area contributed by atoms with E-state index in [0.29, 0.717) is 6.54 Å². The molecule has 0 spiro atoms. The van der Waals surface area contributed by atoms with Crippen molar-refractivity contribution in [1.29, 1.82) is 0 Å². The molecule has 1 atom stereocenters. The molecule has 0 saturated heterocycles. The Kier molecular flexibility index (Phi) is 6.48. The number of para-hydroxylation sites is 1. The molecular formula is C20H29N3. The first-order valence-corrected chi connectivity index (χ1v) is 8.61. The summed E-state index contributed by atoms with van der Waals surface area (Å²) >= 11 is 0.